The maximum absolute atomic E-state index is 13.5. The number of carbonyl (C=O) groups is 3. The first kappa shape index (κ1) is 24.6. The average molecular weight is 504 g/mol. The molecule has 3 aromatic heterocycles. The Labute approximate surface area is 214 Å². The minimum atomic E-state index is -1.04. The summed E-state index contributed by atoms with van der Waals surface area (Å²) in [6.45, 7) is 4.25. The molecular weight excluding hydrogens is 474 g/mol. The minimum Gasteiger partial charge on any atom is -0.384 e. The quantitative estimate of drug-likeness (QED) is 0.559. The van der Waals surface area contributed by atoms with Crippen LogP contribution in [0.15, 0.2) is 36.7 Å². The average Bonchev–Trinajstić information content (AvgIpc) is 2.89. The summed E-state index contributed by atoms with van der Waals surface area (Å²) < 4.78 is 0. The smallest absolute Gasteiger partial charge is 0.324 e. The van der Waals surface area contributed by atoms with Crippen molar-refractivity contribution in [2.24, 2.45) is 0 Å². The van der Waals surface area contributed by atoms with E-state index in [0.717, 1.165) is 16.8 Å². The van der Waals surface area contributed by atoms with Crippen LogP contribution >= 0.6 is 0 Å². The molecule has 0 aromatic carbocycles. The molecule has 11 nitrogen and oxygen atoms in total. The van der Waals surface area contributed by atoms with Gasteiger partial charge >= 0.3 is 6.03 Å². The molecule has 0 bridgehead atoms. The highest BCUT2D eigenvalue weighted by Gasteiger charge is 2.38. The van der Waals surface area contributed by atoms with Gasteiger partial charge in [0.15, 0.2) is 0 Å². The number of nitrogens with zero attached hydrogens (tertiary/aromatic N) is 6. The first-order valence-corrected chi connectivity index (χ1v) is 12.3. The van der Waals surface area contributed by atoms with Crippen LogP contribution < -0.4 is 10.2 Å². The van der Waals surface area contributed by atoms with Crippen LogP contribution in [0, 0.1) is 0 Å². The molecule has 2 aliphatic heterocycles. The zero-order valence-electron chi connectivity index (χ0n) is 21.0. The van der Waals surface area contributed by atoms with Gasteiger partial charge in [0.25, 0.3) is 5.91 Å². The molecule has 1 atom stereocenters. The van der Waals surface area contributed by atoms with Gasteiger partial charge in [-0.3, -0.25) is 19.5 Å². The van der Waals surface area contributed by atoms with Crippen LogP contribution in [0.2, 0.25) is 0 Å². The molecule has 0 spiro atoms. The van der Waals surface area contributed by atoms with Gasteiger partial charge in [0.05, 0.1) is 23.4 Å². The molecule has 1 fully saturated rings. The molecule has 2 aliphatic rings. The maximum Gasteiger partial charge on any atom is 0.324 e. The van der Waals surface area contributed by atoms with E-state index in [2.05, 4.69) is 15.3 Å². The first-order valence-electron chi connectivity index (χ1n) is 12.3. The molecule has 4 amide bonds. The van der Waals surface area contributed by atoms with Crippen molar-refractivity contribution < 1.29 is 19.5 Å². The Kier molecular flexibility index (Phi) is 6.46. The molecule has 3 aromatic rings. The Balaban J connectivity index is 1.52. The number of amides is 4. The second-order valence-electron chi connectivity index (χ2n) is 9.55. The molecule has 11 heteroatoms. The number of aliphatic hydroxyl groups is 1. The van der Waals surface area contributed by atoms with Crippen molar-refractivity contribution in [3.8, 4) is 11.3 Å². The lowest BCUT2D eigenvalue weighted by Crippen LogP contribution is -2.55. The maximum atomic E-state index is 13.5. The van der Waals surface area contributed by atoms with Crippen LogP contribution in [0.5, 0.6) is 0 Å². The lowest BCUT2D eigenvalue weighted by Gasteiger charge is -2.43. The van der Waals surface area contributed by atoms with Gasteiger partial charge in [-0.1, -0.05) is 0 Å². The van der Waals surface area contributed by atoms with Gasteiger partial charge in [-0.2, -0.15) is 0 Å². The molecule has 2 N–H and O–H groups in total. The highest BCUT2D eigenvalue weighted by Crippen LogP contribution is 2.37. The van der Waals surface area contributed by atoms with Crippen LogP contribution in [0.3, 0.4) is 0 Å². The summed E-state index contributed by atoms with van der Waals surface area (Å²) in [4.78, 5) is 56.0. The van der Waals surface area contributed by atoms with Crippen molar-refractivity contribution in [2.45, 2.75) is 45.4 Å². The highest BCUT2D eigenvalue weighted by atomic mass is 16.3. The zero-order valence-corrected chi connectivity index (χ0v) is 21.0. The Hall–Kier alpha value is -4.12. The van der Waals surface area contributed by atoms with E-state index in [4.69, 9.17) is 4.98 Å². The third-order valence-electron chi connectivity index (χ3n) is 6.80. The van der Waals surface area contributed by atoms with Crippen molar-refractivity contribution in [3.63, 3.8) is 0 Å². The van der Waals surface area contributed by atoms with Crippen molar-refractivity contribution in [1.29, 1.82) is 0 Å². The normalized spacial score (nSPS) is 17.1. The number of anilines is 2. The molecule has 5 rings (SSSR count). The predicted octanol–water partition coefficient (Wildman–Crippen LogP) is 2.39. The number of hydrogen-bond donors (Lipinski definition) is 2. The standard InChI is InChI=1S/C26H29N7O4/c1-15(34)25(36)32-10-8-19(9-11-32)33-24-18(14-31(3)26(33)37)13-27-21-6-5-20(30-23(21)24)17-4-7-22(28-12-17)29-16(2)35/h4-7,12-13,15,19,34H,8-11,14H2,1-3H3,(H,28,29,35)/t15-/m0/s1. The van der Waals surface area contributed by atoms with E-state index in [1.54, 1.807) is 35.3 Å². The number of piperidine rings is 1. The van der Waals surface area contributed by atoms with Gasteiger partial charge < -0.3 is 20.2 Å². The molecule has 192 valence electrons. The Morgan fingerprint density at radius 3 is 2.51 bits per heavy atom. The largest absolute Gasteiger partial charge is 0.384 e. The van der Waals surface area contributed by atoms with Gasteiger partial charge in [0.2, 0.25) is 5.91 Å². The molecular formula is C26H29N7O4. The monoisotopic (exact) mass is 503 g/mol. The van der Waals surface area contributed by atoms with E-state index in [0.29, 0.717) is 55.0 Å². The van der Waals surface area contributed by atoms with Crippen LogP contribution in [-0.2, 0) is 16.1 Å². The summed E-state index contributed by atoms with van der Waals surface area (Å²) in [5.41, 5.74) is 4.40. The number of rotatable bonds is 4. The summed E-state index contributed by atoms with van der Waals surface area (Å²) >= 11 is 0. The lowest BCUT2D eigenvalue weighted by molar-refractivity contribution is -0.140. The highest BCUT2D eigenvalue weighted by molar-refractivity contribution is 6.04. The number of aromatic nitrogens is 3. The summed E-state index contributed by atoms with van der Waals surface area (Å²) in [5.74, 6) is -0.0334. The van der Waals surface area contributed by atoms with Gasteiger partial charge in [-0.15, -0.1) is 0 Å². The Morgan fingerprint density at radius 2 is 1.86 bits per heavy atom. The fourth-order valence-corrected chi connectivity index (χ4v) is 4.99. The lowest BCUT2D eigenvalue weighted by atomic mass is 9.99. The van der Waals surface area contributed by atoms with E-state index in [9.17, 15) is 19.5 Å². The van der Waals surface area contributed by atoms with Crippen molar-refractivity contribution in [1.82, 2.24) is 24.8 Å². The van der Waals surface area contributed by atoms with Crippen molar-refractivity contribution in [3.05, 3.63) is 42.2 Å². The van der Waals surface area contributed by atoms with Crippen LogP contribution in [0.25, 0.3) is 22.3 Å². The predicted molar refractivity (Wildman–Crippen MR) is 138 cm³/mol. The second-order valence-corrected chi connectivity index (χ2v) is 9.55. The van der Waals surface area contributed by atoms with Gasteiger partial charge in [-0.05, 0) is 44.0 Å². The summed E-state index contributed by atoms with van der Waals surface area (Å²) in [5, 5.41) is 12.3. The fourth-order valence-electron chi connectivity index (χ4n) is 4.99. The number of pyridine rings is 3. The van der Waals surface area contributed by atoms with E-state index >= 15 is 0 Å². The minimum absolute atomic E-state index is 0.117. The number of nitrogens with one attached hydrogen (secondary N) is 1. The first-order chi connectivity index (χ1) is 17.7. The van der Waals surface area contributed by atoms with Crippen molar-refractivity contribution >= 4 is 40.4 Å². The molecule has 5 heterocycles. The summed E-state index contributed by atoms with van der Waals surface area (Å²) in [6, 6.07) is 7.05. The number of likely N-dealkylation sites (tertiary alicyclic amines) is 1. The number of hydrogen-bond acceptors (Lipinski definition) is 7. The van der Waals surface area contributed by atoms with E-state index in [-0.39, 0.29) is 23.9 Å². The zero-order chi connectivity index (χ0) is 26.3. The van der Waals surface area contributed by atoms with Gasteiger partial charge in [-0.25, -0.2) is 14.8 Å². The molecule has 0 unspecified atom stereocenters. The van der Waals surface area contributed by atoms with Gasteiger partial charge in [0.1, 0.15) is 17.4 Å². The molecule has 0 aliphatic carbocycles. The van der Waals surface area contributed by atoms with Gasteiger partial charge in [0, 0.05) is 56.6 Å². The second kappa shape index (κ2) is 9.74. The number of aliphatic hydroxyl groups excluding tert-OH is 1. The SMILES string of the molecule is CC(=O)Nc1ccc(-c2ccc3ncc4c(c3n2)N(C2CCN(C(=O)[C@H](C)O)CC2)C(=O)N(C)C4)cn1. The van der Waals surface area contributed by atoms with Crippen LogP contribution in [-0.4, -0.2) is 80.0 Å². The number of carbonyl (C=O) groups excluding carboxylic acids is 3. The molecule has 0 saturated carbocycles. The van der Waals surface area contributed by atoms with Crippen LogP contribution in [0.1, 0.15) is 32.3 Å². The van der Waals surface area contributed by atoms with E-state index < -0.39 is 6.10 Å². The Bertz CT molecular complexity index is 1370. The van der Waals surface area contributed by atoms with E-state index in [1.165, 1.54) is 13.8 Å². The third-order valence-corrected chi connectivity index (χ3v) is 6.80. The third kappa shape index (κ3) is 4.69. The number of fused-ring (bicyclic) bond motifs is 3. The topological polar surface area (TPSA) is 132 Å². The fraction of sp³-hybridized carbons (Fsp3) is 0.385. The molecule has 37 heavy (non-hydrogen) atoms. The number of urea groups is 1. The van der Waals surface area contributed by atoms with Crippen molar-refractivity contribution in [2.75, 3.05) is 30.4 Å². The summed E-state index contributed by atoms with van der Waals surface area (Å²) in [6.07, 6.45) is 3.59. The summed E-state index contributed by atoms with van der Waals surface area (Å²) in [7, 11) is 1.76. The molecule has 1 saturated heterocycles. The molecule has 0 radical (unpaired) electrons. The Morgan fingerprint density at radius 1 is 1.11 bits per heavy atom. The van der Waals surface area contributed by atoms with E-state index in [1.807, 2.05) is 23.1 Å². The van der Waals surface area contributed by atoms with Crippen LogP contribution in [0.4, 0.5) is 16.3 Å².